The normalized spacial score (nSPS) is 11.1. The number of carbonyl (C=O) groups is 1. The number of halogens is 2. The molecule has 41 heavy (non-hydrogen) atoms. The third-order valence-corrected chi connectivity index (χ3v) is 7.68. The van der Waals surface area contributed by atoms with Crippen LogP contribution in [0.5, 0.6) is 11.5 Å². The fourth-order valence-corrected chi connectivity index (χ4v) is 4.80. The minimum absolute atomic E-state index is 0.182. The molecule has 10 heteroatoms. The number of rotatable bonds is 8. The highest BCUT2D eigenvalue weighted by atomic mass is 79.9. The first kappa shape index (κ1) is 28.1. The van der Waals surface area contributed by atoms with E-state index >= 15 is 0 Å². The standard InChI is InChI=1S/C31H24BrClN4O4/c1-19-10-6-8-14-23(19)35-26(38)18-41-29-25(40-2)16-21(27(32)28(29)33)17-34-37-30(20-11-4-3-5-12-20)36-24-15-9-7-13-22(24)31(37)39/h3-17H,18H2,1-2H3,(H,35,38). The molecular weight excluding hydrogens is 608 g/mol. The molecule has 0 radical (unpaired) electrons. The predicted octanol–water partition coefficient (Wildman–Crippen LogP) is 6.70. The molecule has 0 aliphatic carbocycles. The second-order valence-corrected chi connectivity index (χ2v) is 10.1. The Balaban J connectivity index is 1.47. The first-order chi connectivity index (χ1) is 19.9. The van der Waals surface area contributed by atoms with Crippen LogP contribution in [0.3, 0.4) is 0 Å². The van der Waals surface area contributed by atoms with Crippen LogP contribution in [-0.4, -0.2) is 35.5 Å². The Morgan fingerprint density at radius 3 is 2.54 bits per heavy atom. The number of fused-ring (bicyclic) bond motifs is 1. The van der Waals surface area contributed by atoms with E-state index in [2.05, 4.69) is 26.3 Å². The Morgan fingerprint density at radius 1 is 1.07 bits per heavy atom. The Bertz CT molecular complexity index is 1840. The van der Waals surface area contributed by atoms with Crippen molar-refractivity contribution in [3.05, 3.63) is 116 Å². The van der Waals surface area contributed by atoms with Crippen molar-refractivity contribution in [2.24, 2.45) is 5.10 Å². The Kier molecular flexibility index (Phi) is 8.47. The molecule has 1 amide bonds. The van der Waals surface area contributed by atoms with Gasteiger partial charge in [0, 0.05) is 21.3 Å². The number of carbonyl (C=O) groups excluding carboxylic acids is 1. The largest absolute Gasteiger partial charge is 0.493 e. The van der Waals surface area contributed by atoms with Gasteiger partial charge in [0.2, 0.25) is 0 Å². The zero-order chi connectivity index (χ0) is 28.9. The van der Waals surface area contributed by atoms with Crippen LogP contribution in [-0.2, 0) is 4.79 Å². The number of anilines is 1. The number of aryl methyl sites for hydroxylation is 1. The summed E-state index contributed by atoms with van der Waals surface area (Å²) in [5.74, 6) is 0.512. The van der Waals surface area contributed by atoms with E-state index in [1.54, 1.807) is 24.3 Å². The molecule has 0 aliphatic heterocycles. The summed E-state index contributed by atoms with van der Waals surface area (Å²) in [5, 5.41) is 7.94. The number of methoxy groups -OCH3 is 1. The lowest BCUT2D eigenvalue weighted by atomic mass is 10.2. The van der Waals surface area contributed by atoms with Crippen LogP contribution < -0.4 is 20.3 Å². The van der Waals surface area contributed by atoms with Crippen LogP contribution in [0.2, 0.25) is 5.02 Å². The van der Waals surface area contributed by atoms with E-state index in [1.807, 2.05) is 67.6 Å². The second-order valence-electron chi connectivity index (χ2n) is 8.96. The fraction of sp³-hybridized carbons (Fsp3) is 0.0968. The summed E-state index contributed by atoms with van der Waals surface area (Å²) in [5.41, 5.74) is 3.12. The number of aromatic nitrogens is 2. The van der Waals surface area contributed by atoms with Crippen LogP contribution >= 0.6 is 27.5 Å². The molecule has 8 nitrogen and oxygen atoms in total. The third-order valence-electron chi connectivity index (χ3n) is 6.24. The van der Waals surface area contributed by atoms with Gasteiger partial charge < -0.3 is 14.8 Å². The van der Waals surface area contributed by atoms with Gasteiger partial charge in [-0.15, -0.1) is 0 Å². The van der Waals surface area contributed by atoms with Gasteiger partial charge in [0.15, 0.2) is 23.9 Å². The number of amides is 1. The summed E-state index contributed by atoms with van der Waals surface area (Å²) in [6.07, 6.45) is 1.48. The van der Waals surface area contributed by atoms with Crippen molar-refractivity contribution < 1.29 is 14.3 Å². The van der Waals surface area contributed by atoms with Gasteiger partial charge in [0.1, 0.15) is 5.02 Å². The topological polar surface area (TPSA) is 94.8 Å². The lowest BCUT2D eigenvalue weighted by molar-refractivity contribution is -0.118. The molecule has 0 saturated heterocycles. The number of nitrogens with one attached hydrogen (secondary N) is 1. The van der Waals surface area contributed by atoms with E-state index in [0.717, 1.165) is 11.1 Å². The summed E-state index contributed by atoms with van der Waals surface area (Å²) in [7, 11) is 1.46. The summed E-state index contributed by atoms with van der Waals surface area (Å²) in [6, 6.07) is 25.5. The highest BCUT2D eigenvalue weighted by molar-refractivity contribution is 9.10. The van der Waals surface area contributed by atoms with Crippen LogP contribution in [0.4, 0.5) is 5.69 Å². The summed E-state index contributed by atoms with van der Waals surface area (Å²) >= 11 is 10.1. The molecule has 0 spiro atoms. The maximum Gasteiger partial charge on any atom is 0.282 e. The first-order valence-corrected chi connectivity index (χ1v) is 13.7. The van der Waals surface area contributed by atoms with Crippen LogP contribution in [0, 0.1) is 6.92 Å². The molecule has 1 aromatic heterocycles. The van der Waals surface area contributed by atoms with Crippen molar-refractivity contribution in [2.75, 3.05) is 19.0 Å². The third kappa shape index (κ3) is 6.01. The zero-order valence-corrected chi connectivity index (χ0v) is 24.4. The molecular formula is C31H24BrClN4O4. The Hall–Kier alpha value is -4.47. The van der Waals surface area contributed by atoms with Gasteiger partial charge in [-0.2, -0.15) is 9.78 Å². The molecule has 206 valence electrons. The smallest absolute Gasteiger partial charge is 0.282 e. The summed E-state index contributed by atoms with van der Waals surface area (Å²) in [6.45, 7) is 1.61. The second kappa shape index (κ2) is 12.4. The average Bonchev–Trinajstić information content (AvgIpc) is 2.99. The van der Waals surface area contributed by atoms with Gasteiger partial charge in [0.25, 0.3) is 11.5 Å². The highest BCUT2D eigenvalue weighted by Gasteiger charge is 2.19. The summed E-state index contributed by atoms with van der Waals surface area (Å²) in [4.78, 5) is 30.7. The number of hydrogen-bond acceptors (Lipinski definition) is 6. The van der Waals surface area contributed by atoms with E-state index in [4.69, 9.17) is 26.1 Å². The minimum atomic E-state index is -0.351. The van der Waals surface area contributed by atoms with E-state index < -0.39 is 0 Å². The number of para-hydroxylation sites is 2. The van der Waals surface area contributed by atoms with Gasteiger partial charge in [-0.3, -0.25) is 9.59 Å². The first-order valence-electron chi connectivity index (χ1n) is 12.5. The van der Waals surface area contributed by atoms with Crippen molar-refractivity contribution in [1.29, 1.82) is 0 Å². The fourth-order valence-electron chi connectivity index (χ4n) is 4.15. The van der Waals surface area contributed by atoms with Gasteiger partial charge in [-0.1, -0.05) is 72.3 Å². The van der Waals surface area contributed by atoms with Crippen molar-refractivity contribution >= 4 is 56.2 Å². The van der Waals surface area contributed by atoms with Gasteiger partial charge in [-0.25, -0.2) is 4.98 Å². The molecule has 5 rings (SSSR count). The van der Waals surface area contributed by atoms with Crippen molar-refractivity contribution in [2.45, 2.75) is 6.92 Å². The van der Waals surface area contributed by atoms with Crippen LogP contribution in [0.15, 0.2) is 99.3 Å². The van der Waals surface area contributed by atoms with Crippen molar-refractivity contribution in [3.8, 4) is 22.9 Å². The van der Waals surface area contributed by atoms with Crippen molar-refractivity contribution in [1.82, 2.24) is 9.66 Å². The van der Waals surface area contributed by atoms with E-state index in [-0.39, 0.29) is 34.6 Å². The number of nitrogens with zero attached hydrogens (tertiary/aromatic N) is 3. The maximum atomic E-state index is 13.5. The Morgan fingerprint density at radius 2 is 1.78 bits per heavy atom. The quantitative estimate of drug-likeness (QED) is 0.193. The average molecular weight is 632 g/mol. The lowest BCUT2D eigenvalue weighted by Crippen LogP contribution is -2.21. The van der Waals surface area contributed by atoms with Gasteiger partial charge in [0.05, 0.1) is 24.2 Å². The SMILES string of the molecule is COc1cc(C=Nn2c(-c3ccccc3)nc3ccccc3c2=O)c(Br)c(Cl)c1OCC(=O)Nc1ccccc1C. The zero-order valence-electron chi connectivity index (χ0n) is 22.1. The molecule has 0 saturated carbocycles. The van der Waals surface area contributed by atoms with E-state index in [0.29, 0.717) is 32.5 Å². The van der Waals surface area contributed by atoms with Crippen LogP contribution in [0.25, 0.3) is 22.3 Å². The van der Waals surface area contributed by atoms with Gasteiger partial charge in [-0.05, 0) is 52.7 Å². The predicted molar refractivity (Wildman–Crippen MR) is 165 cm³/mol. The lowest BCUT2D eigenvalue weighted by Gasteiger charge is -2.15. The minimum Gasteiger partial charge on any atom is -0.493 e. The maximum absolute atomic E-state index is 13.5. The van der Waals surface area contributed by atoms with Gasteiger partial charge >= 0.3 is 0 Å². The molecule has 0 aliphatic rings. The molecule has 0 atom stereocenters. The molecule has 1 N–H and O–H groups in total. The molecule has 4 aromatic carbocycles. The molecule has 0 fully saturated rings. The number of benzene rings is 4. The molecule has 1 heterocycles. The Labute approximate surface area is 249 Å². The molecule has 5 aromatic rings. The monoisotopic (exact) mass is 630 g/mol. The number of ether oxygens (including phenoxy) is 2. The van der Waals surface area contributed by atoms with E-state index in [1.165, 1.54) is 18.0 Å². The summed E-state index contributed by atoms with van der Waals surface area (Å²) < 4.78 is 13.0. The van der Waals surface area contributed by atoms with Crippen molar-refractivity contribution in [3.63, 3.8) is 0 Å². The number of hydrogen-bond donors (Lipinski definition) is 1. The van der Waals surface area contributed by atoms with E-state index in [9.17, 15) is 9.59 Å². The van der Waals surface area contributed by atoms with Crippen LogP contribution in [0.1, 0.15) is 11.1 Å². The highest BCUT2D eigenvalue weighted by Crippen LogP contribution is 2.42. The molecule has 0 bridgehead atoms. The molecule has 0 unspecified atom stereocenters.